The van der Waals surface area contributed by atoms with Crippen LogP contribution < -0.4 is 5.84 Å². The Hall–Kier alpha value is -0.0800. The molecule has 0 fully saturated rings. The summed E-state index contributed by atoms with van der Waals surface area (Å²) in [6.45, 7) is 11.0. The van der Waals surface area contributed by atoms with Crippen LogP contribution in [0.5, 0.6) is 0 Å². The quantitative estimate of drug-likeness (QED) is 0.380. The summed E-state index contributed by atoms with van der Waals surface area (Å²) >= 11 is 0. The second kappa shape index (κ2) is 8.12. The molecule has 0 saturated carbocycles. The van der Waals surface area contributed by atoms with Crippen molar-refractivity contribution in [2.75, 3.05) is 13.1 Å². The highest BCUT2D eigenvalue weighted by Gasteiger charge is 2.13. The third-order valence-corrected chi connectivity index (χ3v) is 2.48. The molecule has 2 N–H and O–H groups in total. The second-order valence-corrected chi connectivity index (χ2v) is 5.80. The van der Waals surface area contributed by atoms with Gasteiger partial charge in [-0.1, -0.05) is 59.8 Å². The number of hydrogen-bond acceptors (Lipinski definition) is 2. The Morgan fingerprint density at radius 1 is 0.933 bits per heavy atom. The molecule has 0 unspecified atom stereocenters. The fourth-order valence-corrected chi connectivity index (χ4v) is 1.78. The molecule has 0 aliphatic carbocycles. The number of rotatable bonds is 8. The van der Waals surface area contributed by atoms with Crippen LogP contribution in [-0.4, -0.2) is 18.1 Å². The zero-order valence-corrected chi connectivity index (χ0v) is 11.2. The maximum absolute atomic E-state index is 5.93. The molecule has 0 saturated heterocycles. The largest absolute Gasteiger partial charge is 0.269 e. The molecule has 0 spiro atoms. The van der Waals surface area contributed by atoms with Crippen molar-refractivity contribution < 1.29 is 0 Å². The zero-order chi connectivity index (χ0) is 11.7. The van der Waals surface area contributed by atoms with Crippen LogP contribution in [0.2, 0.25) is 0 Å². The van der Waals surface area contributed by atoms with Gasteiger partial charge in [0.15, 0.2) is 0 Å². The topological polar surface area (TPSA) is 29.3 Å². The molecule has 0 amide bonds. The van der Waals surface area contributed by atoms with Crippen LogP contribution in [0.15, 0.2) is 0 Å². The van der Waals surface area contributed by atoms with Gasteiger partial charge < -0.3 is 0 Å². The normalized spacial score (nSPS) is 12.4. The highest BCUT2D eigenvalue weighted by molar-refractivity contribution is 4.65. The van der Waals surface area contributed by atoms with Gasteiger partial charge >= 0.3 is 0 Å². The molecule has 0 heterocycles. The minimum atomic E-state index is 0.316. The van der Waals surface area contributed by atoms with E-state index in [1.54, 1.807) is 0 Å². The Morgan fingerprint density at radius 2 is 1.47 bits per heavy atom. The van der Waals surface area contributed by atoms with E-state index in [0.717, 1.165) is 13.1 Å². The van der Waals surface area contributed by atoms with Crippen molar-refractivity contribution in [2.45, 2.75) is 66.2 Å². The SMILES string of the molecule is CCCCCCCCN(N)CC(C)(C)C. The van der Waals surface area contributed by atoms with Crippen molar-refractivity contribution in [1.82, 2.24) is 5.01 Å². The van der Waals surface area contributed by atoms with Crippen LogP contribution in [0.3, 0.4) is 0 Å². The molecule has 0 aromatic heterocycles. The molecule has 2 heteroatoms. The predicted octanol–water partition coefficient (Wildman–Crippen LogP) is 3.57. The van der Waals surface area contributed by atoms with Gasteiger partial charge in [0.25, 0.3) is 0 Å². The van der Waals surface area contributed by atoms with Crippen LogP contribution >= 0.6 is 0 Å². The zero-order valence-electron chi connectivity index (χ0n) is 11.2. The van der Waals surface area contributed by atoms with E-state index in [2.05, 4.69) is 27.7 Å². The molecule has 2 nitrogen and oxygen atoms in total. The molecular weight excluding hydrogens is 184 g/mol. The number of nitrogens with two attached hydrogens (primary N) is 1. The van der Waals surface area contributed by atoms with Crippen molar-refractivity contribution in [3.63, 3.8) is 0 Å². The minimum Gasteiger partial charge on any atom is -0.269 e. The average molecular weight is 214 g/mol. The third-order valence-electron chi connectivity index (χ3n) is 2.48. The first-order chi connectivity index (χ1) is 6.95. The number of hydrazine groups is 1. The fourth-order valence-electron chi connectivity index (χ4n) is 1.78. The van der Waals surface area contributed by atoms with Crippen molar-refractivity contribution in [1.29, 1.82) is 0 Å². The van der Waals surface area contributed by atoms with Gasteiger partial charge in [0.2, 0.25) is 0 Å². The molecule has 0 bridgehead atoms. The molecule has 0 aromatic carbocycles. The Bertz CT molecular complexity index is 138. The van der Waals surface area contributed by atoms with Crippen molar-refractivity contribution in [2.24, 2.45) is 11.3 Å². The highest BCUT2D eigenvalue weighted by atomic mass is 15.4. The summed E-state index contributed by atoms with van der Waals surface area (Å²) in [6.07, 6.45) is 8.05. The lowest BCUT2D eigenvalue weighted by atomic mass is 9.96. The minimum absolute atomic E-state index is 0.316. The van der Waals surface area contributed by atoms with Gasteiger partial charge in [-0.3, -0.25) is 5.84 Å². The number of hydrogen-bond donors (Lipinski definition) is 1. The van der Waals surface area contributed by atoms with Gasteiger partial charge in [-0.2, -0.15) is 0 Å². The lowest BCUT2D eigenvalue weighted by Crippen LogP contribution is -2.38. The first-order valence-corrected chi connectivity index (χ1v) is 6.45. The summed E-state index contributed by atoms with van der Waals surface area (Å²) in [6, 6.07) is 0. The van der Waals surface area contributed by atoms with E-state index in [9.17, 15) is 0 Å². The summed E-state index contributed by atoms with van der Waals surface area (Å²) in [7, 11) is 0. The van der Waals surface area contributed by atoms with Crippen molar-refractivity contribution >= 4 is 0 Å². The van der Waals surface area contributed by atoms with Crippen LogP contribution in [0.25, 0.3) is 0 Å². The Balaban J connectivity index is 3.28. The molecule has 0 atom stereocenters. The fraction of sp³-hybridized carbons (Fsp3) is 1.00. The number of unbranched alkanes of at least 4 members (excludes halogenated alkanes) is 5. The van der Waals surface area contributed by atoms with Crippen LogP contribution in [0.4, 0.5) is 0 Å². The van der Waals surface area contributed by atoms with E-state index in [4.69, 9.17) is 5.84 Å². The Morgan fingerprint density at radius 3 is 2.00 bits per heavy atom. The van der Waals surface area contributed by atoms with Gasteiger partial charge in [-0.05, 0) is 11.8 Å². The highest BCUT2D eigenvalue weighted by Crippen LogP contribution is 2.13. The summed E-state index contributed by atoms with van der Waals surface area (Å²) in [5, 5.41) is 1.97. The molecule has 0 rings (SSSR count). The molecule has 0 aromatic rings. The molecule has 0 aliphatic rings. The van der Waals surface area contributed by atoms with Gasteiger partial charge in [0.05, 0.1) is 0 Å². The van der Waals surface area contributed by atoms with Gasteiger partial charge in [-0.25, -0.2) is 5.01 Å². The monoisotopic (exact) mass is 214 g/mol. The molecular formula is C13H30N2. The van der Waals surface area contributed by atoms with Crippen LogP contribution in [0.1, 0.15) is 66.2 Å². The van der Waals surface area contributed by atoms with Gasteiger partial charge in [-0.15, -0.1) is 0 Å². The Kier molecular flexibility index (Phi) is 8.07. The maximum Gasteiger partial charge on any atom is 0.0177 e. The summed E-state index contributed by atoms with van der Waals surface area (Å²) in [5.74, 6) is 5.93. The standard InChI is InChI=1S/C13H30N2/c1-5-6-7-8-9-10-11-15(14)12-13(2,3)4/h5-12,14H2,1-4H3. The van der Waals surface area contributed by atoms with E-state index in [1.165, 1.54) is 38.5 Å². The molecule has 15 heavy (non-hydrogen) atoms. The maximum atomic E-state index is 5.93. The van der Waals surface area contributed by atoms with E-state index in [0.29, 0.717) is 5.41 Å². The van der Waals surface area contributed by atoms with Crippen LogP contribution in [0, 0.1) is 5.41 Å². The first kappa shape index (κ1) is 14.9. The summed E-state index contributed by atoms with van der Waals surface area (Å²) < 4.78 is 0. The average Bonchev–Trinajstić information content (AvgIpc) is 2.08. The van der Waals surface area contributed by atoms with E-state index < -0.39 is 0 Å². The Labute approximate surface area is 96.2 Å². The van der Waals surface area contributed by atoms with Crippen LogP contribution in [-0.2, 0) is 0 Å². The lowest BCUT2D eigenvalue weighted by Gasteiger charge is -2.25. The van der Waals surface area contributed by atoms with Crippen molar-refractivity contribution in [3.05, 3.63) is 0 Å². The van der Waals surface area contributed by atoms with E-state index in [1.807, 2.05) is 5.01 Å². The first-order valence-electron chi connectivity index (χ1n) is 6.45. The van der Waals surface area contributed by atoms with Crippen molar-refractivity contribution in [3.8, 4) is 0 Å². The predicted molar refractivity (Wildman–Crippen MR) is 68.6 cm³/mol. The lowest BCUT2D eigenvalue weighted by molar-refractivity contribution is 0.191. The smallest absolute Gasteiger partial charge is 0.0177 e. The van der Waals surface area contributed by atoms with Gasteiger partial charge in [0, 0.05) is 13.1 Å². The number of nitrogens with zero attached hydrogens (tertiary/aromatic N) is 1. The van der Waals surface area contributed by atoms with E-state index >= 15 is 0 Å². The summed E-state index contributed by atoms with van der Waals surface area (Å²) in [5.41, 5.74) is 0.316. The third kappa shape index (κ3) is 11.8. The summed E-state index contributed by atoms with van der Waals surface area (Å²) in [4.78, 5) is 0. The van der Waals surface area contributed by atoms with Gasteiger partial charge in [0.1, 0.15) is 0 Å². The van der Waals surface area contributed by atoms with E-state index in [-0.39, 0.29) is 0 Å². The molecule has 92 valence electrons. The second-order valence-electron chi connectivity index (χ2n) is 5.80. The molecule has 0 aliphatic heterocycles. The molecule has 0 radical (unpaired) electrons.